The van der Waals surface area contributed by atoms with Crippen LogP contribution in [0.25, 0.3) is 0 Å². The van der Waals surface area contributed by atoms with Gasteiger partial charge in [0.25, 0.3) is 0 Å². The number of carboxylic acid groups (broad SMARTS) is 1. The summed E-state index contributed by atoms with van der Waals surface area (Å²) in [6, 6.07) is 13.1. The predicted molar refractivity (Wildman–Crippen MR) is 133 cm³/mol. The smallest absolute Gasteiger partial charge is 0.326 e. The van der Waals surface area contributed by atoms with E-state index in [1.165, 1.54) is 12.0 Å². The highest BCUT2D eigenvalue weighted by Gasteiger charge is 2.51. The molecule has 3 aliphatic rings. The molecule has 0 unspecified atom stereocenters. The molecule has 2 aliphatic carbocycles. The summed E-state index contributed by atoms with van der Waals surface area (Å²) in [5.74, 6) is 0.483. The number of amides is 1. The van der Waals surface area contributed by atoms with Crippen LogP contribution in [-0.2, 0) is 32.6 Å². The first-order valence-corrected chi connectivity index (χ1v) is 13.0. The molecular formula is C28H35N3O4. The molecule has 1 amide bonds. The zero-order valence-electron chi connectivity index (χ0n) is 20.2. The first-order chi connectivity index (χ1) is 17.0. The fourth-order valence-electron chi connectivity index (χ4n) is 5.34. The topological polar surface area (TPSA) is 101 Å². The number of pyridine rings is 1. The number of ether oxygens (including phenoxy) is 1. The number of carbonyl (C=O) groups excluding carboxylic acids is 1. The minimum Gasteiger partial charge on any atom is -0.480 e. The maximum absolute atomic E-state index is 12.9. The summed E-state index contributed by atoms with van der Waals surface area (Å²) in [5.41, 5.74) is 2.85. The fraction of sp³-hybridized carbons (Fsp3) is 0.536. The number of nitrogens with zero attached hydrogens (tertiary/aromatic N) is 1. The molecule has 1 aliphatic heterocycles. The Labute approximate surface area is 206 Å². The average molecular weight is 478 g/mol. The van der Waals surface area contributed by atoms with Crippen LogP contribution in [0.15, 0.2) is 42.5 Å². The van der Waals surface area contributed by atoms with Crippen LogP contribution in [0, 0.1) is 5.92 Å². The fourth-order valence-corrected chi connectivity index (χ4v) is 5.34. The van der Waals surface area contributed by atoms with Crippen molar-refractivity contribution in [2.24, 2.45) is 5.92 Å². The van der Waals surface area contributed by atoms with Crippen molar-refractivity contribution in [2.45, 2.75) is 75.3 Å². The number of anilines is 1. The Bertz CT molecular complexity index is 1050. The summed E-state index contributed by atoms with van der Waals surface area (Å²) in [6.07, 6.45) is 8.34. The molecule has 35 heavy (non-hydrogen) atoms. The second-order valence-corrected chi connectivity index (χ2v) is 10.3. The highest BCUT2D eigenvalue weighted by molar-refractivity contribution is 5.94. The lowest BCUT2D eigenvalue weighted by Gasteiger charge is -2.35. The molecule has 1 atom stereocenters. The Kier molecular flexibility index (Phi) is 7.04. The monoisotopic (exact) mass is 477 g/mol. The molecule has 1 aromatic carbocycles. The van der Waals surface area contributed by atoms with E-state index < -0.39 is 17.4 Å². The van der Waals surface area contributed by atoms with Crippen molar-refractivity contribution in [2.75, 3.05) is 18.5 Å². The van der Waals surface area contributed by atoms with E-state index in [-0.39, 0.29) is 18.4 Å². The summed E-state index contributed by atoms with van der Waals surface area (Å²) < 4.78 is 5.94. The van der Waals surface area contributed by atoms with Crippen molar-refractivity contribution < 1.29 is 19.4 Å². The SMILES string of the molecule is O=C(O)[C@H](CCOC1CC(CCc2ccc3c(n2)NCCC3)C1)NC(=O)C1(c2ccccc2)CC1. The molecule has 7 heteroatoms. The van der Waals surface area contributed by atoms with Crippen molar-refractivity contribution in [3.63, 3.8) is 0 Å². The van der Waals surface area contributed by atoms with Gasteiger partial charge in [-0.05, 0) is 74.5 Å². The van der Waals surface area contributed by atoms with E-state index >= 15 is 0 Å². The second-order valence-electron chi connectivity index (χ2n) is 10.3. The highest BCUT2D eigenvalue weighted by atomic mass is 16.5. The Morgan fingerprint density at radius 1 is 1.17 bits per heavy atom. The van der Waals surface area contributed by atoms with E-state index in [1.807, 2.05) is 30.3 Å². The number of carbonyl (C=O) groups is 2. The highest BCUT2D eigenvalue weighted by Crippen LogP contribution is 2.48. The zero-order valence-corrected chi connectivity index (χ0v) is 20.2. The van der Waals surface area contributed by atoms with Crippen LogP contribution in [-0.4, -0.2) is 47.3 Å². The third-order valence-electron chi connectivity index (χ3n) is 7.83. The molecule has 2 aromatic rings. The summed E-state index contributed by atoms with van der Waals surface area (Å²) in [7, 11) is 0. The molecule has 5 rings (SSSR count). The third-order valence-corrected chi connectivity index (χ3v) is 7.83. The number of benzene rings is 1. The van der Waals surface area contributed by atoms with E-state index in [1.54, 1.807) is 0 Å². The van der Waals surface area contributed by atoms with Gasteiger partial charge in [0.15, 0.2) is 0 Å². The third kappa shape index (κ3) is 5.50. The molecule has 2 fully saturated rings. The summed E-state index contributed by atoms with van der Waals surface area (Å²) in [4.78, 5) is 29.4. The van der Waals surface area contributed by atoms with E-state index in [4.69, 9.17) is 9.72 Å². The average Bonchev–Trinajstić information content (AvgIpc) is 3.66. The summed E-state index contributed by atoms with van der Waals surface area (Å²) >= 11 is 0. The van der Waals surface area contributed by atoms with E-state index in [0.29, 0.717) is 12.5 Å². The lowest BCUT2D eigenvalue weighted by Crippen LogP contribution is -2.46. The van der Waals surface area contributed by atoms with Gasteiger partial charge in [0, 0.05) is 25.3 Å². The Hall–Kier alpha value is -2.93. The number of carboxylic acids is 1. The molecule has 2 saturated carbocycles. The van der Waals surface area contributed by atoms with Gasteiger partial charge >= 0.3 is 5.97 Å². The van der Waals surface area contributed by atoms with Gasteiger partial charge in [-0.3, -0.25) is 4.79 Å². The van der Waals surface area contributed by atoms with Gasteiger partial charge in [0.2, 0.25) is 5.91 Å². The molecule has 186 valence electrons. The number of hydrogen-bond donors (Lipinski definition) is 3. The van der Waals surface area contributed by atoms with Gasteiger partial charge in [0.05, 0.1) is 11.5 Å². The normalized spacial score (nSPS) is 22.7. The molecule has 0 saturated heterocycles. The largest absolute Gasteiger partial charge is 0.480 e. The Morgan fingerprint density at radius 3 is 2.71 bits per heavy atom. The van der Waals surface area contributed by atoms with Crippen LogP contribution < -0.4 is 10.6 Å². The van der Waals surface area contributed by atoms with Gasteiger partial charge in [-0.2, -0.15) is 0 Å². The van der Waals surface area contributed by atoms with Crippen molar-refractivity contribution >= 4 is 17.7 Å². The first kappa shape index (κ1) is 23.8. The molecule has 2 heterocycles. The quantitative estimate of drug-likeness (QED) is 0.454. The van der Waals surface area contributed by atoms with E-state index in [2.05, 4.69) is 22.8 Å². The second kappa shape index (κ2) is 10.4. The van der Waals surface area contributed by atoms with Gasteiger partial charge in [0.1, 0.15) is 11.9 Å². The van der Waals surface area contributed by atoms with E-state index in [0.717, 1.165) is 68.6 Å². The standard InChI is InChI=1S/C28H35N3O4/c32-26(33)24(31-27(34)28(13-14-28)21-6-2-1-3-7-21)12-16-35-23-17-19(18-23)8-10-22-11-9-20-5-4-15-29-25(20)30-22/h1-3,6-7,9,11,19,23-24H,4-5,8,10,12-18H2,(H,29,30)(H,31,34)(H,32,33)/t19?,23?,24-/m0/s1. The Morgan fingerprint density at radius 2 is 1.97 bits per heavy atom. The van der Waals surface area contributed by atoms with Gasteiger partial charge in [-0.25, -0.2) is 9.78 Å². The van der Waals surface area contributed by atoms with Crippen LogP contribution >= 0.6 is 0 Å². The lowest BCUT2D eigenvalue weighted by molar-refractivity contribution is -0.143. The zero-order chi connectivity index (χ0) is 24.3. The number of aromatic nitrogens is 1. The van der Waals surface area contributed by atoms with Crippen LogP contribution in [0.5, 0.6) is 0 Å². The number of hydrogen-bond acceptors (Lipinski definition) is 5. The maximum Gasteiger partial charge on any atom is 0.326 e. The minimum absolute atomic E-state index is 0.183. The van der Waals surface area contributed by atoms with Gasteiger partial charge in [-0.1, -0.05) is 36.4 Å². The molecular weight excluding hydrogens is 442 g/mol. The van der Waals surface area contributed by atoms with Crippen LogP contribution in [0.2, 0.25) is 0 Å². The number of rotatable bonds is 11. The van der Waals surface area contributed by atoms with Crippen molar-refractivity contribution in [1.29, 1.82) is 0 Å². The van der Waals surface area contributed by atoms with Crippen molar-refractivity contribution in [1.82, 2.24) is 10.3 Å². The van der Waals surface area contributed by atoms with Gasteiger partial charge < -0.3 is 20.5 Å². The molecule has 7 nitrogen and oxygen atoms in total. The number of aliphatic carboxylic acids is 1. The maximum atomic E-state index is 12.9. The lowest BCUT2D eigenvalue weighted by atomic mass is 9.79. The number of fused-ring (bicyclic) bond motifs is 1. The van der Waals surface area contributed by atoms with Crippen molar-refractivity contribution in [3.8, 4) is 0 Å². The van der Waals surface area contributed by atoms with Crippen LogP contribution in [0.1, 0.15) is 61.8 Å². The predicted octanol–water partition coefficient (Wildman–Crippen LogP) is 3.86. The summed E-state index contributed by atoms with van der Waals surface area (Å²) in [6.45, 7) is 1.34. The van der Waals surface area contributed by atoms with Crippen LogP contribution in [0.3, 0.4) is 0 Å². The minimum atomic E-state index is -1.01. The molecule has 1 aromatic heterocycles. The summed E-state index contributed by atoms with van der Waals surface area (Å²) in [5, 5.41) is 15.8. The molecule has 0 bridgehead atoms. The molecule has 3 N–H and O–H groups in total. The Balaban J connectivity index is 1.02. The van der Waals surface area contributed by atoms with E-state index in [9.17, 15) is 14.7 Å². The first-order valence-electron chi connectivity index (χ1n) is 13.0. The van der Waals surface area contributed by atoms with Crippen LogP contribution in [0.4, 0.5) is 5.82 Å². The number of aryl methyl sites for hydroxylation is 2. The molecule has 0 radical (unpaired) electrons. The molecule has 0 spiro atoms. The number of nitrogens with one attached hydrogen (secondary N) is 2. The van der Waals surface area contributed by atoms with Crippen molar-refractivity contribution in [3.05, 3.63) is 59.3 Å². The van der Waals surface area contributed by atoms with Gasteiger partial charge in [-0.15, -0.1) is 0 Å².